The summed E-state index contributed by atoms with van der Waals surface area (Å²) in [4.78, 5) is 0. The highest BCUT2D eigenvalue weighted by Gasteiger charge is 2.02. The molecule has 0 fully saturated rings. The maximum absolute atomic E-state index is 12.8. The number of phenols is 1. The molecule has 0 atom stereocenters. The number of ether oxygens (including phenoxy) is 1. The Morgan fingerprint density at radius 3 is 2.47 bits per heavy atom. The first-order chi connectivity index (χ1) is 8.15. The number of phenolic OH excluding ortho intramolecular Hbond substituents is 1. The molecule has 0 aliphatic rings. The Labute approximate surface area is 103 Å². The Hall–Kier alpha value is -1.74. The maximum atomic E-state index is 12.8. The molecule has 2 aromatic carbocycles. The highest BCUT2D eigenvalue weighted by atomic mass is 35.5. The van der Waals surface area contributed by atoms with Crippen molar-refractivity contribution in [2.75, 3.05) is 0 Å². The third-order valence-electron chi connectivity index (χ3n) is 2.23. The summed E-state index contributed by atoms with van der Waals surface area (Å²) in [6.45, 7) is 0.259. The first kappa shape index (κ1) is 11.7. The van der Waals surface area contributed by atoms with E-state index in [9.17, 15) is 9.50 Å². The number of hydrogen-bond donors (Lipinski definition) is 1. The first-order valence-corrected chi connectivity index (χ1v) is 5.39. The summed E-state index contributed by atoms with van der Waals surface area (Å²) in [5.74, 6) is -0.347. The lowest BCUT2D eigenvalue weighted by atomic mass is 10.2. The molecule has 0 saturated carbocycles. The fourth-order valence-electron chi connectivity index (χ4n) is 1.35. The predicted molar refractivity (Wildman–Crippen MR) is 63.8 cm³/mol. The summed E-state index contributed by atoms with van der Waals surface area (Å²) < 4.78 is 18.3. The Morgan fingerprint density at radius 1 is 1.12 bits per heavy atom. The van der Waals surface area contributed by atoms with Gasteiger partial charge in [0.2, 0.25) is 0 Å². The lowest BCUT2D eigenvalue weighted by molar-refractivity contribution is 0.305. The van der Waals surface area contributed by atoms with E-state index in [4.69, 9.17) is 16.3 Å². The van der Waals surface area contributed by atoms with Gasteiger partial charge in [-0.3, -0.25) is 0 Å². The van der Waals surface area contributed by atoms with Gasteiger partial charge in [-0.2, -0.15) is 0 Å². The van der Waals surface area contributed by atoms with Crippen molar-refractivity contribution in [3.05, 3.63) is 58.9 Å². The normalized spacial score (nSPS) is 10.2. The summed E-state index contributed by atoms with van der Waals surface area (Å²) >= 11 is 5.74. The Bertz CT molecular complexity index is 511. The minimum Gasteiger partial charge on any atom is -0.505 e. The molecular formula is C13H10ClFO2. The summed E-state index contributed by atoms with van der Waals surface area (Å²) in [6, 6.07) is 11.0. The van der Waals surface area contributed by atoms with Crippen molar-refractivity contribution in [1.82, 2.24) is 0 Å². The summed E-state index contributed by atoms with van der Waals surface area (Å²) in [6.07, 6.45) is 0. The van der Waals surface area contributed by atoms with Gasteiger partial charge in [0, 0.05) is 5.02 Å². The molecule has 0 radical (unpaired) electrons. The molecule has 2 rings (SSSR count). The van der Waals surface area contributed by atoms with Crippen molar-refractivity contribution >= 4 is 11.6 Å². The minimum atomic E-state index is -0.639. The van der Waals surface area contributed by atoms with Crippen molar-refractivity contribution in [3.63, 3.8) is 0 Å². The predicted octanol–water partition coefficient (Wildman–Crippen LogP) is 3.76. The van der Waals surface area contributed by atoms with Gasteiger partial charge in [-0.05, 0) is 42.0 Å². The quantitative estimate of drug-likeness (QED) is 0.901. The van der Waals surface area contributed by atoms with Crippen LogP contribution in [0, 0.1) is 5.82 Å². The van der Waals surface area contributed by atoms with Crippen LogP contribution >= 0.6 is 11.6 Å². The fraction of sp³-hybridized carbons (Fsp3) is 0.0769. The third-order valence-corrected chi connectivity index (χ3v) is 2.48. The second-order valence-electron chi connectivity index (χ2n) is 3.53. The Kier molecular flexibility index (Phi) is 3.49. The van der Waals surface area contributed by atoms with Gasteiger partial charge in [0.15, 0.2) is 11.6 Å². The van der Waals surface area contributed by atoms with Crippen LogP contribution in [0.3, 0.4) is 0 Å². The largest absolute Gasteiger partial charge is 0.505 e. The molecular weight excluding hydrogens is 243 g/mol. The summed E-state index contributed by atoms with van der Waals surface area (Å²) in [7, 11) is 0. The first-order valence-electron chi connectivity index (χ1n) is 5.01. The molecule has 88 valence electrons. The van der Waals surface area contributed by atoms with E-state index in [0.29, 0.717) is 16.3 Å². The van der Waals surface area contributed by atoms with Gasteiger partial charge >= 0.3 is 0 Å². The standard InChI is InChI=1S/C13H10ClFO2/c14-10-2-4-11(5-3-10)17-8-9-1-6-12(15)13(16)7-9/h1-7,16H,8H2. The van der Waals surface area contributed by atoms with Crippen LogP contribution in [0.1, 0.15) is 5.56 Å². The minimum absolute atomic E-state index is 0.259. The van der Waals surface area contributed by atoms with E-state index in [-0.39, 0.29) is 12.4 Å². The van der Waals surface area contributed by atoms with Crippen molar-refractivity contribution in [2.45, 2.75) is 6.61 Å². The van der Waals surface area contributed by atoms with Gasteiger partial charge in [0.25, 0.3) is 0 Å². The van der Waals surface area contributed by atoms with E-state index < -0.39 is 5.82 Å². The van der Waals surface area contributed by atoms with Crippen LogP contribution in [-0.2, 0) is 6.61 Å². The van der Waals surface area contributed by atoms with Crippen molar-refractivity contribution in [2.24, 2.45) is 0 Å². The van der Waals surface area contributed by atoms with Gasteiger partial charge in [-0.1, -0.05) is 17.7 Å². The van der Waals surface area contributed by atoms with Crippen LogP contribution in [0.5, 0.6) is 11.5 Å². The molecule has 0 heterocycles. The van der Waals surface area contributed by atoms with E-state index in [1.165, 1.54) is 12.1 Å². The van der Waals surface area contributed by atoms with Crippen molar-refractivity contribution < 1.29 is 14.2 Å². The molecule has 0 aliphatic heterocycles. The number of halogens is 2. The molecule has 17 heavy (non-hydrogen) atoms. The van der Waals surface area contributed by atoms with Crippen LogP contribution in [0.25, 0.3) is 0 Å². The van der Waals surface area contributed by atoms with Crippen LogP contribution in [0.4, 0.5) is 4.39 Å². The second kappa shape index (κ2) is 5.06. The zero-order chi connectivity index (χ0) is 12.3. The van der Waals surface area contributed by atoms with Crippen LogP contribution in [0.15, 0.2) is 42.5 Å². The zero-order valence-corrected chi connectivity index (χ0v) is 9.62. The second-order valence-corrected chi connectivity index (χ2v) is 3.96. The highest BCUT2D eigenvalue weighted by Crippen LogP contribution is 2.20. The zero-order valence-electron chi connectivity index (χ0n) is 8.86. The van der Waals surface area contributed by atoms with E-state index in [2.05, 4.69) is 0 Å². The van der Waals surface area contributed by atoms with Gasteiger partial charge < -0.3 is 9.84 Å². The molecule has 4 heteroatoms. The smallest absolute Gasteiger partial charge is 0.164 e. The molecule has 0 unspecified atom stereocenters. The van der Waals surface area contributed by atoms with E-state index in [1.807, 2.05) is 0 Å². The van der Waals surface area contributed by atoms with Gasteiger partial charge in [0.05, 0.1) is 0 Å². The molecule has 0 saturated heterocycles. The molecule has 0 spiro atoms. The van der Waals surface area contributed by atoms with Gasteiger partial charge in [0.1, 0.15) is 12.4 Å². The molecule has 2 aromatic rings. The molecule has 0 aliphatic carbocycles. The van der Waals surface area contributed by atoms with Crippen molar-refractivity contribution in [1.29, 1.82) is 0 Å². The van der Waals surface area contributed by atoms with Crippen LogP contribution in [0.2, 0.25) is 5.02 Å². The van der Waals surface area contributed by atoms with Gasteiger partial charge in [-0.15, -0.1) is 0 Å². The Morgan fingerprint density at radius 2 is 1.82 bits per heavy atom. The number of aromatic hydroxyl groups is 1. The topological polar surface area (TPSA) is 29.5 Å². The average molecular weight is 253 g/mol. The third kappa shape index (κ3) is 3.11. The van der Waals surface area contributed by atoms with E-state index in [0.717, 1.165) is 0 Å². The van der Waals surface area contributed by atoms with Crippen LogP contribution in [-0.4, -0.2) is 5.11 Å². The van der Waals surface area contributed by atoms with E-state index in [1.54, 1.807) is 30.3 Å². The molecule has 1 N–H and O–H groups in total. The lowest BCUT2D eigenvalue weighted by Crippen LogP contribution is -1.95. The SMILES string of the molecule is Oc1cc(COc2ccc(Cl)cc2)ccc1F. The summed E-state index contributed by atoms with van der Waals surface area (Å²) in [5.41, 5.74) is 0.693. The average Bonchev–Trinajstić information content (AvgIpc) is 2.33. The molecule has 0 amide bonds. The number of hydrogen-bond acceptors (Lipinski definition) is 2. The maximum Gasteiger partial charge on any atom is 0.164 e. The lowest BCUT2D eigenvalue weighted by Gasteiger charge is -2.06. The monoisotopic (exact) mass is 252 g/mol. The molecule has 2 nitrogen and oxygen atoms in total. The highest BCUT2D eigenvalue weighted by molar-refractivity contribution is 6.30. The van der Waals surface area contributed by atoms with Crippen molar-refractivity contribution in [3.8, 4) is 11.5 Å². The Balaban J connectivity index is 2.02. The number of benzene rings is 2. The summed E-state index contributed by atoms with van der Waals surface area (Å²) in [5, 5.41) is 9.82. The fourth-order valence-corrected chi connectivity index (χ4v) is 1.47. The molecule has 0 bridgehead atoms. The number of rotatable bonds is 3. The van der Waals surface area contributed by atoms with E-state index >= 15 is 0 Å². The molecule has 0 aromatic heterocycles. The van der Waals surface area contributed by atoms with Gasteiger partial charge in [-0.25, -0.2) is 4.39 Å². The van der Waals surface area contributed by atoms with Crippen LogP contribution < -0.4 is 4.74 Å².